The maximum atomic E-state index is 10.7. The fourth-order valence-electron chi connectivity index (χ4n) is 7.19. The molecule has 295 valence electrons. The summed E-state index contributed by atoms with van der Waals surface area (Å²) in [5.41, 5.74) is 9.81. The van der Waals surface area contributed by atoms with Crippen LogP contribution in [0.3, 0.4) is 0 Å². The standard InChI is InChI=1S/2C19H12N.C16H17NO2.Ir/c1-2-8-14(9-3-1)19-17-12-5-4-10-15(17)16-11-6-7-13-18(16)20-19;1-2-7-14(8-3-1)15-10-6-11-16-17-9-4-5-12-19(17)20-13-18(15)16;1-16(2,3)13-7-4-11(5-8-13)12-6-9-14(15(18)19)17-10-12;/h1-8,10-13H;1-7,9-13H;4-10H,1-3H3,(H,18,19);/q2*-1;;. The van der Waals surface area contributed by atoms with Crippen molar-refractivity contribution in [1.29, 1.82) is 0 Å². The van der Waals surface area contributed by atoms with Crippen LogP contribution in [0.15, 0.2) is 188 Å². The number of carboxylic acids is 1. The van der Waals surface area contributed by atoms with Gasteiger partial charge >= 0.3 is 5.97 Å². The molecule has 0 atom stereocenters. The van der Waals surface area contributed by atoms with Gasteiger partial charge in [-0.1, -0.05) is 136 Å². The van der Waals surface area contributed by atoms with Gasteiger partial charge < -0.3 is 5.11 Å². The number of hydrogen-bond acceptors (Lipinski definition) is 4. The predicted octanol–water partition coefficient (Wildman–Crippen LogP) is 13.5. The van der Waals surface area contributed by atoms with E-state index in [1.807, 2.05) is 66.9 Å². The first-order valence-electron chi connectivity index (χ1n) is 19.5. The number of pyridine rings is 3. The van der Waals surface area contributed by atoms with Crippen LogP contribution in [0.4, 0.5) is 0 Å². The van der Waals surface area contributed by atoms with Gasteiger partial charge in [-0.3, -0.25) is 9.97 Å². The van der Waals surface area contributed by atoms with Gasteiger partial charge in [0.25, 0.3) is 0 Å². The van der Waals surface area contributed by atoms with Crippen molar-refractivity contribution in [2.24, 2.45) is 0 Å². The number of nitrogens with zero attached hydrogens (tertiary/aromatic N) is 3. The molecule has 0 amide bonds. The van der Waals surface area contributed by atoms with E-state index in [4.69, 9.17) is 10.1 Å². The summed E-state index contributed by atoms with van der Waals surface area (Å²) in [6.07, 6.45) is 3.56. The van der Waals surface area contributed by atoms with Gasteiger partial charge in [-0.25, -0.2) is 9.78 Å². The number of para-hydroxylation sites is 2. The minimum absolute atomic E-state index is 0. The molecule has 1 radical (unpaired) electrons. The molecule has 3 heterocycles. The Labute approximate surface area is 363 Å². The Morgan fingerprint density at radius 1 is 0.500 bits per heavy atom. The first kappa shape index (κ1) is 41.3. The zero-order valence-corrected chi connectivity index (χ0v) is 35.8. The summed E-state index contributed by atoms with van der Waals surface area (Å²) in [5.74, 6) is -1.00. The van der Waals surface area contributed by atoms with E-state index in [1.54, 1.807) is 12.3 Å². The number of rotatable bonds is 4. The molecule has 0 aliphatic heterocycles. The second kappa shape index (κ2) is 18.4. The molecule has 0 unspecified atom stereocenters. The van der Waals surface area contributed by atoms with E-state index in [-0.39, 0.29) is 31.2 Å². The zero-order chi connectivity index (χ0) is 40.8. The SMILES string of the molecule is CC(C)(C)c1ccc(-c2ccc(C(=O)O)nc2)cc1.[Ir].[c-]1ccccc1-c1cccc2c1cnc1ccccc12.[c-]1ccccc1-c1nc2ccccc2c2ccccc12. The number of fused-ring (bicyclic) bond motifs is 6. The third-order valence-corrected chi connectivity index (χ3v) is 10.3. The number of aromatic nitrogens is 3. The number of carboxylic acid groups (broad SMARTS) is 1. The number of carbonyl (C=O) groups is 1. The van der Waals surface area contributed by atoms with Crippen LogP contribution < -0.4 is 0 Å². The Morgan fingerprint density at radius 2 is 1.05 bits per heavy atom. The Morgan fingerprint density at radius 3 is 1.67 bits per heavy atom. The van der Waals surface area contributed by atoms with Gasteiger partial charge in [0.1, 0.15) is 5.69 Å². The molecule has 7 aromatic carbocycles. The van der Waals surface area contributed by atoms with Crippen molar-refractivity contribution < 1.29 is 30.0 Å². The van der Waals surface area contributed by atoms with Crippen molar-refractivity contribution in [3.8, 4) is 33.5 Å². The molecular formula is C54H41IrN3O2-2. The summed E-state index contributed by atoms with van der Waals surface area (Å²) in [6.45, 7) is 6.52. The van der Waals surface area contributed by atoms with E-state index in [2.05, 4.69) is 146 Å². The van der Waals surface area contributed by atoms with Crippen molar-refractivity contribution in [1.82, 2.24) is 15.0 Å². The van der Waals surface area contributed by atoms with Gasteiger partial charge in [0.05, 0.1) is 11.0 Å². The van der Waals surface area contributed by atoms with Gasteiger partial charge in [0, 0.05) is 48.8 Å². The molecule has 60 heavy (non-hydrogen) atoms. The third-order valence-electron chi connectivity index (χ3n) is 10.3. The Balaban J connectivity index is 0.000000135. The van der Waals surface area contributed by atoms with E-state index >= 15 is 0 Å². The van der Waals surface area contributed by atoms with Crippen LogP contribution in [0.5, 0.6) is 0 Å². The predicted molar refractivity (Wildman–Crippen MR) is 242 cm³/mol. The quantitative estimate of drug-likeness (QED) is 0.140. The van der Waals surface area contributed by atoms with E-state index in [0.717, 1.165) is 39.0 Å². The average Bonchev–Trinajstić information content (AvgIpc) is 3.29. The molecule has 0 spiro atoms. The molecule has 10 aromatic rings. The van der Waals surface area contributed by atoms with Crippen LogP contribution in [0.25, 0.3) is 76.9 Å². The summed E-state index contributed by atoms with van der Waals surface area (Å²) in [4.78, 5) is 24.1. The fraction of sp³-hybridized carbons (Fsp3) is 0.0741. The molecule has 3 aromatic heterocycles. The summed E-state index contributed by atoms with van der Waals surface area (Å²) >= 11 is 0. The van der Waals surface area contributed by atoms with Gasteiger partial charge in [0.2, 0.25) is 0 Å². The van der Waals surface area contributed by atoms with Crippen LogP contribution in [-0.4, -0.2) is 26.0 Å². The van der Waals surface area contributed by atoms with Gasteiger partial charge in [-0.15, -0.1) is 71.8 Å². The van der Waals surface area contributed by atoms with Crippen molar-refractivity contribution in [2.75, 3.05) is 0 Å². The van der Waals surface area contributed by atoms with E-state index < -0.39 is 5.97 Å². The van der Waals surface area contributed by atoms with Crippen LogP contribution >= 0.6 is 0 Å². The molecule has 0 saturated heterocycles. The van der Waals surface area contributed by atoms with Gasteiger partial charge in [0.15, 0.2) is 0 Å². The monoisotopic (exact) mass is 956 g/mol. The summed E-state index contributed by atoms with van der Waals surface area (Å²) in [5, 5.41) is 16.0. The fourth-order valence-corrected chi connectivity index (χ4v) is 7.19. The molecule has 0 bridgehead atoms. The van der Waals surface area contributed by atoms with Crippen molar-refractivity contribution in [3.63, 3.8) is 0 Å². The largest absolute Gasteiger partial charge is 0.477 e. The second-order valence-electron chi connectivity index (χ2n) is 15.2. The molecule has 6 heteroatoms. The maximum absolute atomic E-state index is 10.7. The maximum Gasteiger partial charge on any atom is 0.354 e. The molecule has 0 aliphatic carbocycles. The van der Waals surface area contributed by atoms with Crippen LogP contribution in [0, 0.1) is 12.1 Å². The van der Waals surface area contributed by atoms with Crippen molar-refractivity contribution in [3.05, 3.63) is 212 Å². The summed E-state index contributed by atoms with van der Waals surface area (Å²) in [7, 11) is 0. The molecule has 0 saturated carbocycles. The summed E-state index contributed by atoms with van der Waals surface area (Å²) in [6, 6.07) is 65.6. The number of hydrogen-bond donors (Lipinski definition) is 1. The number of aromatic carboxylic acids is 1. The minimum Gasteiger partial charge on any atom is -0.477 e. The normalized spacial score (nSPS) is 10.9. The Kier molecular flexibility index (Phi) is 12.7. The van der Waals surface area contributed by atoms with E-state index in [1.165, 1.54) is 49.5 Å². The van der Waals surface area contributed by atoms with E-state index in [9.17, 15) is 4.79 Å². The van der Waals surface area contributed by atoms with Crippen molar-refractivity contribution in [2.45, 2.75) is 26.2 Å². The molecule has 0 fully saturated rings. The number of benzene rings is 7. The first-order chi connectivity index (χ1) is 28.7. The molecule has 1 N–H and O–H groups in total. The Bertz CT molecular complexity index is 3010. The van der Waals surface area contributed by atoms with Gasteiger partial charge in [-0.05, 0) is 62.0 Å². The molecule has 10 rings (SSSR count). The topological polar surface area (TPSA) is 76.0 Å². The first-order valence-corrected chi connectivity index (χ1v) is 19.5. The van der Waals surface area contributed by atoms with Crippen LogP contribution in [0.2, 0.25) is 0 Å². The summed E-state index contributed by atoms with van der Waals surface area (Å²) < 4.78 is 0. The minimum atomic E-state index is -1.00. The molecule has 0 aliphatic rings. The zero-order valence-electron chi connectivity index (χ0n) is 33.4. The Hall–Kier alpha value is -6.85. The van der Waals surface area contributed by atoms with Crippen LogP contribution in [-0.2, 0) is 25.5 Å². The van der Waals surface area contributed by atoms with Crippen molar-refractivity contribution >= 4 is 49.3 Å². The van der Waals surface area contributed by atoms with E-state index in [0.29, 0.717) is 0 Å². The van der Waals surface area contributed by atoms with Gasteiger partial charge in [-0.2, -0.15) is 0 Å². The third kappa shape index (κ3) is 9.06. The molecule has 5 nitrogen and oxygen atoms in total. The second-order valence-corrected chi connectivity index (χ2v) is 15.2. The smallest absolute Gasteiger partial charge is 0.354 e. The average molecular weight is 956 g/mol. The van der Waals surface area contributed by atoms with Crippen LogP contribution in [0.1, 0.15) is 36.8 Å². The molecular weight excluding hydrogens is 915 g/mol.